The number of carbonyl (C=O) groups is 2. The zero-order valence-electron chi connectivity index (χ0n) is 14.9. The highest BCUT2D eigenvalue weighted by molar-refractivity contribution is 7.91. The number of sulfone groups is 1. The molecule has 0 spiro atoms. The predicted molar refractivity (Wildman–Crippen MR) is 99.5 cm³/mol. The lowest BCUT2D eigenvalue weighted by molar-refractivity contribution is -0.384. The van der Waals surface area contributed by atoms with Gasteiger partial charge in [-0.2, -0.15) is 0 Å². The number of non-ortho nitro benzene ring substituents is 1. The van der Waals surface area contributed by atoms with Crippen LogP contribution in [0.4, 0.5) is 5.69 Å². The Morgan fingerprint density at radius 2 is 1.82 bits per heavy atom. The van der Waals surface area contributed by atoms with Gasteiger partial charge in [-0.1, -0.05) is 24.3 Å². The molecule has 2 rings (SSSR count). The Kier molecular flexibility index (Phi) is 6.83. The number of nitrogens with zero attached hydrogens (tertiary/aromatic N) is 1. The molecule has 0 unspecified atom stereocenters. The van der Waals surface area contributed by atoms with Gasteiger partial charge in [-0.05, 0) is 24.6 Å². The van der Waals surface area contributed by atoms with Crippen LogP contribution >= 0.6 is 0 Å². The molecule has 0 aliphatic rings. The molecular formula is C18H18N2O7S. The van der Waals surface area contributed by atoms with Gasteiger partial charge in [0.1, 0.15) is 6.04 Å². The summed E-state index contributed by atoms with van der Waals surface area (Å²) in [6.07, 6.45) is -0.218. The average molecular weight is 406 g/mol. The summed E-state index contributed by atoms with van der Waals surface area (Å²) in [7, 11) is -2.55. The summed E-state index contributed by atoms with van der Waals surface area (Å²) >= 11 is 0. The van der Waals surface area contributed by atoms with Gasteiger partial charge in [0.15, 0.2) is 9.84 Å². The van der Waals surface area contributed by atoms with Crippen molar-refractivity contribution in [2.24, 2.45) is 0 Å². The SMILES string of the molecule is COC(=O)[C@@H](CCS(=O)(=O)c1ccccc1)NC(=O)c1cccc([N+](=O)[O-])c1. The Hall–Kier alpha value is -3.27. The van der Waals surface area contributed by atoms with Crippen molar-refractivity contribution in [1.29, 1.82) is 0 Å². The van der Waals surface area contributed by atoms with Gasteiger partial charge in [-0.25, -0.2) is 13.2 Å². The van der Waals surface area contributed by atoms with Crippen LogP contribution in [-0.2, 0) is 19.4 Å². The Labute approximate surface area is 161 Å². The molecule has 0 fully saturated rings. The number of hydrogen-bond donors (Lipinski definition) is 1. The Balaban J connectivity index is 2.14. The highest BCUT2D eigenvalue weighted by atomic mass is 32.2. The number of hydrogen-bond acceptors (Lipinski definition) is 7. The molecule has 0 saturated heterocycles. The summed E-state index contributed by atoms with van der Waals surface area (Å²) in [4.78, 5) is 34.6. The molecule has 28 heavy (non-hydrogen) atoms. The number of benzene rings is 2. The van der Waals surface area contributed by atoms with Crippen molar-refractivity contribution in [2.75, 3.05) is 12.9 Å². The molecule has 0 saturated carbocycles. The fourth-order valence-corrected chi connectivity index (χ4v) is 3.77. The van der Waals surface area contributed by atoms with Gasteiger partial charge in [-0.15, -0.1) is 0 Å². The number of methoxy groups -OCH3 is 1. The van der Waals surface area contributed by atoms with Gasteiger partial charge in [-0.3, -0.25) is 14.9 Å². The van der Waals surface area contributed by atoms with E-state index in [1.54, 1.807) is 18.2 Å². The van der Waals surface area contributed by atoms with Crippen molar-refractivity contribution in [1.82, 2.24) is 5.32 Å². The number of rotatable bonds is 8. The van der Waals surface area contributed by atoms with Crippen molar-refractivity contribution >= 4 is 27.4 Å². The van der Waals surface area contributed by atoms with E-state index >= 15 is 0 Å². The number of nitrogens with one attached hydrogen (secondary N) is 1. The molecule has 148 valence electrons. The fraction of sp³-hybridized carbons (Fsp3) is 0.222. The van der Waals surface area contributed by atoms with E-state index in [0.29, 0.717) is 0 Å². The average Bonchev–Trinajstić information content (AvgIpc) is 2.71. The van der Waals surface area contributed by atoms with E-state index in [1.165, 1.54) is 30.3 Å². The molecule has 0 aliphatic carbocycles. The molecule has 0 aliphatic heterocycles. The molecule has 1 amide bonds. The van der Waals surface area contributed by atoms with Gasteiger partial charge in [0.05, 0.1) is 22.7 Å². The smallest absolute Gasteiger partial charge is 0.328 e. The van der Waals surface area contributed by atoms with Crippen molar-refractivity contribution in [3.05, 3.63) is 70.3 Å². The van der Waals surface area contributed by atoms with E-state index in [2.05, 4.69) is 10.1 Å². The van der Waals surface area contributed by atoms with E-state index in [9.17, 15) is 28.1 Å². The maximum Gasteiger partial charge on any atom is 0.328 e. The zero-order chi connectivity index (χ0) is 20.7. The molecule has 0 heterocycles. The third-order valence-corrected chi connectivity index (χ3v) is 5.65. The summed E-state index contributed by atoms with van der Waals surface area (Å²) in [5.41, 5.74) is -0.317. The summed E-state index contributed by atoms with van der Waals surface area (Å²) in [6, 6.07) is 11.4. The van der Waals surface area contributed by atoms with Gasteiger partial charge in [0, 0.05) is 17.7 Å². The summed E-state index contributed by atoms with van der Waals surface area (Å²) in [5.74, 6) is -1.97. The highest BCUT2D eigenvalue weighted by Gasteiger charge is 2.26. The van der Waals surface area contributed by atoms with Crippen LogP contribution in [0.3, 0.4) is 0 Å². The van der Waals surface area contributed by atoms with Gasteiger partial charge in [0.25, 0.3) is 11.6 Å². The Morgan fingerprint density at radius 1 is 1.14 bits per heavy atom. The first kappa shape index (κ1) is 21.0. The number of nitro groups is 1. The van der Waals surface area contributed by atoms with Crippen LogP contribution in [0.15, 0.2) is 59.5 Å². The van der Waals surface area contributed by atoms with E-state index in [0.717, 1.165) is 13.2 Å². The minimum atomic E-state index is -3.66. The molecule has 1 atom stereocenters. The number of esters is 1. The van der Waals surface area contributed by atoms with Crippen LogP contribution in [0.25, 0.3) is 0 Å². The lowest BCUT2D eigenvalue weighted by atomic mass is 10.1. The summed E-state index contributed by atoms with van der Waals surface area (Å²) < 4.78 is 29.4. The van der Waals surface area contributed by atoms with Gasteiger partial charge < -0.3 is 10.1 Å². The van der Waals surface area contributed by atoms with Crippen LogP contribution in [0, 0.1) is 10.1 Å². The second-order valence-electron chi connectivity index (χ2n) is 5.78. The molecule has 0 aromatic heterocycles. The minimum absolute atomic E-state index is 0.0333. The van der Waals surface area contributed by atoms with Crippen LogP contribution in [0.1, 0.15) is 16.8 Å². The lowest BCUT2D eigenvalue weighted by Crippen LogP contribution is -2.42. The number of ether oxygens (including phenoxy) is 1. The largest absolute Gasteiger partial charge is 0.467 e. The fourth-order valence-electron chi connectivity index (χ4n) is 2.41. The van der Waals surface area contributed by atoms with Crippen LogP contribution in [-0.4, -0.2) is 44.1 Å². The zero-order valence-corrected chi connectivity index (χ0v) is 15.7. The van der Waals surface area contributed by atoms with Gasteiger partial charge in [0.2, 0.25) is 0 Å². The first-order valence-corrected chi connectivity index (χ1v) is 9.81. The molecule has 0 bridgehead atoms. The maximum atomic E-state index is 12.4. The predicted octanol–water partition coefficient (Wildman–Crippen LogP) is 1.73. The molecule has 9 nitrogen and oxygen atoms in total. The Morgan fingerprint density at radius 3 is 2.43 bits per heavy atom. The molecule has 2 aromatic carbocycles. The summed E-state index contributed by atoms with van der Waals surface area (Å²) in [6.45, 7) is 0. The van der Waals surface area contributed by atoms with E-state index < -0.39 is 38.4 Å². The third kappa shape index (κ3) is 5.36. The van der Waals surface area contributed by atoms with Crippen molar-refractivity contribution < 1.29 is 27.7 Å². The molecule has 10 heteroatoms. The second kappa shape index (κ2) is 9.09. The van der Waals surface area contributed by atoms with E-state index in [-0.39, 0.29) is 22.6 Å². The van der Waals surface area contributed by atoms with Crippen molar-refractivity contribution in [3.63, 3.8) is 0 Å². The second-order valence-corrected chi connectivity index (χ2v) is 7.89. The van der Waals surface area contributed by atoms with E-state index in [1.807, 2.05) is 0 Å². The monoisotopic (exact) mass is 406 g/mol. The van der Waals surface area contributed by atoms with Crippen LogP contribution in [0.5, 0.6) is 0 Å². The quantitative estimate of drug-likeness (QED) is 0.401. The molecule has 1 N–H and O–H groups in total. The van der Waals surface area contributed by atoms with E-state index in [4.69, 9.17) is 0 Å². The van der Waals surface area contributed by atoms with Crippen molar-refractivity contribution in [3.8, 4) is 0 Å². The molecule has 2 aromatic rings. The highest BCUT2D eigenvalue weighted by Crippen LogP contribution is 2.15. The number of amides is 1. The Bertz CT molecular complexity index is 974. The standard InChI is InChI=1S/C18H18N2O7S/c1-27-18(22)16(10-11-28(25,26)15-8-3-2-4-9-15)19-17(21)13-6-5-7-14(12-13)20(23)24/h2-9,12,16H,10-11H2,1H3,(H,19,21)/t16-/m1/s1. The van der Waals surface area contributed by atoms with Crippen molar-refractivity contribution in [2.45, 2.75) is 17.4 Å². The minimum Gasteiger partial charge on any atom is -0.467 e. The van der Waals surface area contributed by atoms with Crippen LogP contribution < -0.4 is 5.32 Å². The topological polar surface area (TPSA) is 133 Å². The third-order valence-electron chi connectivity index (χ3n) is 3.89. The normalized spacial score (nSPS) is 12.0. The number of nitro benzene ring substituents is 1. The first-order chi connectivity index (χ1) is 13.2. The molecule has 0 radical (unpaired) electrons. The maximum absolute atomic E-state index is 12.4. The van der Waals surface area contributed by atoms with Crippen LogP contribution in [0.2, 0.25) is 0 Å². The van der Waals surface area contributed by atoms with Gasteiger partial charge >= 0.3 is 5.97 Å². The first-order valence-electron chi connectivity index (χ1n) is 8.15. The lowest BCUT2D eigenvalue weighted by Gasteiger charge is -2.16. The molecular weight excluding hydrogens is 388 g/mol. The number of carbonyl (C=O) groups excluding carboxylic acids is 2. The summed E-state index contributed by atoms with van der Waals surface area (Å²) in [5, 5.41) is 13.2.